The Labute approximate surface area is 113 Å². The molecular formula is C13H22N4O2. The van der Waals surface area contributed by atoms with Gasteiger partial charge in [-0.25, -0.2) is 0 Å². The Bertz CT molecular complexity index is 387. The molecule has 0 unspecified atom stereocenters. The zero-order valence-electron chi connectivity index (χ0n) is 11.7. The number of hydrogen-bond donors (Lipinski definition) is 0. The van der Waals surface area contributed by atoms with Crippen LogP contribution in [0.5, 0.6) is 0 Å². The van der Waals surface area contributed by atoms with Crippen molar-refractivity contribution in [3.8, 4) is 0 Å². The fourth-order valence-electron chi connectivity index (χ4n) is 2.46. The highest BCUT2D eigenvalue weighted by molar-refractivity contribution is 5.81. The molecule has 2 heterocycles. The summed E-state index contributed by atoms with van der Waals surface area (Å²) in [5.41, 5.74) is 0. The molecule has 106 valence electrons. The van der Waals surface area contributed by atoms with Crippen molar-refractivity contribution in [3.05, 3.63) is 12.2 Å². The number of piperidine rings is 1. The van der Waals surface area contributed by atoms with E-state index in [9.17, 15) is 4.79 Å². The standard InChI is InChI=1S/C13H22N4O2/c1-11(17-7-4-3-5-8-17)13(18)16(2)9-6-12-14-10-19-15-12/h10-11H,3-9H2,1-2H3/t11-/m1/s1. The number of likely N-dealkylation sites (tertiary alicyclic amines) is 1. The predicted octanol–water partition coefficient (Wildman–Crippen LogP) is 0.945. The van der Waals surface area contributed by atoms with Gasteiger partial charge in [0.2, 0.25) is 12.3 Å². The van der Waals surface area contributed by atoms with Crippen LogP contribution in [0.3, 0.4) is 0 Å². The van der Waals surface area contributed by atoms with Gasteiger partial charge in [0.05, 0.1) is 6.04 Å². The van der Waals surface area contributed by atoms with Gasteiger partial charge in [0.15, 0.2) is 5.82 Å². The third-order valence-electron chi connectivity index (χ3n) is 3.75. The molecule has 0 N–H and O–H groups in total. The lowest BCUT2D eigenvalue weighted by atomic mass is 10.1. The van der Waals surface area contributed by atoms with Crippen LogP contribution in [0.15, 0.2) is 10.9 Å². The van der Waals surface area contributed by atoms with Gasteiger partial charge < -0.3 is 9.42 Å². The van der Waals surface area contributed by atoms with Crippen molar-refractivity contribution in [2.45, 2.75) is 38.6 Å². The molecule has 0 spiro atoms. The van der Waals surface area contributed by atoms with Crippen LogP contribution in [-0.2, 0) is 11.2 Å². The molecule has 0 aliphatic carbocycles. The first kappa shape index (κ1) is 14.0. The second-order valence-electron chi connectivity index (χ2n) is 5.13. The van der Waals surface area contributed by atoms with Gasteiger partial charge in [-0.2, -0.15) is 4.98 Å². The molecule has 0 saturated carbocycles. The molecule has 0 bridgehead atoms. The predicted molar refractivity (Wildman–Crippen MR) is 70.5 cm³/mol. The number of likely N-dealkylation sites (N-methyl/N-ethyl adjacent to an activating group) is 1. The monoisotopic (exact) mass is 266 g/mol. The van der Waals surface area contributed by atoms with Gasteiger partial charge in [-0.05, 0) is 32.9 Å². The molecule has 0 radical (unpaired) electrons. The molecule has 0 aromatic carbocycles. The van der Waals surface area contributed by atoms with Gasteiger partial charge in [-0.1, -0.05) is 11.6 Å². The normalized spacial score (nSPS) is 18.2. The Balaban J connectivity index is 1.80. The minimum Gasteiger partial charge on any atom is -0.344 e. The van der Waals surface area contributed by atoms with E-state index in [1.807, 2.05) is 14.0 Å². The van der Waals surface area contributed by atoms with Crippen LogP contribution in [0.2, 0.25) is 0 Å². The highest BCUT2D eigenvalue weighted by Crippen LogP contribution is 2.13. The van der Waals surface area contributed by atoms with E-state index < -0.39 is 0 Å². The third-order valence-corrected chi connectivity index (χ3v) is 3.75. The van der Waals surface area contributed by atoms with Gasteiger partial charge in [0, 0.05) is 20.0 Å². The number of carbonyl (C=O) groups excluding carboxylic acids is 1. The Hall–Kier alpha value is -1.43. The smallest absolute Gasteiger partial charge is 0.239 e. The maximum atomic E-state index is 12.3. The van der Waals surface area contributed by atoms with Crippen molar-refractivity contribution in [1.82, 2.24) is 19.9 Å². The fourth-order valence-corrected chi connectivity index (χ4v) is 2.46. The average Bonchev–Trinajstić information content (AvgIpc) is 2.97. The molecule has 1 aromatic heterocycles. The summed E-state index contributed by atoms with van der Waals surface area (Å²) in [4.78, 5) is 20.3. The topological polar surface area (TPSA) is 62.5 Å². The first-order valence-electron chi connectivity index (χ1n) is 6.93. The van der Waals surface area contributed by atoms with Gasteiger partial charge in [-0.3, -0.25) is 9.69 Å². The Morgan fingerprint density at radius 1 is 1.47 bits per heavy atom. The van der Waals surface area contributed by atoms with E-state index in [0.717, 1.165) is 13.1 Å². The average molecular weight is 266 g/mol. The number of amides is 1. The van der Waals surface area contributed by atoms with Crippen molar-refractivity contribution in [2.24, 2.45) is 0 Å². The van der Waals surface area contributed by atoms with Crippen molar-refractivity contribution in [3.63, 3.8) is 0 Å². The minimum absolute atomic E-state index is 0.0319. The summed E-state index contributed by atoms with van der Waals surface area (Å²) in [5, 5.41) is 3.75. The maximum absolute atomic E-state index is 12.3. The molecule has 1 fully saturated rings. The first-order valence-corrected chi connectivity index (χ1v) is 6.93. The highest BCUT2D eigenvalue weighted by Gasteiger charge is 2.25. The summed E-state index contributed by atoms with van der Waals surface area (Å²) < 4.78 is 4.68. The van der Waals surface area contributed by atoms with E-state index in [0.29, 0.717) is 18.8 Å². The molecule has 1 saturated heterocycles. The van der Waals surface area contributed by atoms with Gasteiger partial charge in [0.1, 0.15) is 0 Å². The summed E-state index contributed by atoms with van der Waals surface area (Å²) in [6, 6.07) is -0.0319. The highest BCUT2D eigenvalue weighted by atomic mass is 16.5. The molecule has 1 atom stereocenters. The summed E-state index contributed by atoms with van der Waals surface area (Å²) >= 11 is 0. The fraction of sp³-hybridized carbons (Fsp3) is 0.769. The van der Waals surface area contributed by atoms with E-state index in [-0.39, 0.29) is 11.9 Å². The van der Waals surface area contributed by atoms with Crippen LogP contribution in [-0.4, -0.2) is 58.6 Å². The van der Waals surface area contributed by atoms with E-state index in [4.69, 9.17) is 0 Å². The second kappa shape index (κ2) is 6.65. The molecule has 6 nitrogen and oxygen atoms in total. The molecule has 6 heteroatoms. The van der Waals surface area contributed by atoms with Crippen LogP contribution in [0.25, 0.3) is 0 Å². The lowest BCUT2D eigenvalue weighted by Gasteiger charge is -2.33. The van der Waals surface area contributed by atoms with E-state index in [2.05, 4.69) is 19.6 Å². The summed E-state index contributed by atoms with van der Waals surface area (Å²) in [5.74, 6) is 0.815. The molecule has 19 heavy (non-hydrogen) atoms. The Kier molecular flexibility index (Phi) is 4.90. The van der Waals surface area contributed by atoms with E-state index >= 15 is 0 Å². The van der Waals surface area contributed by atoms with Crippen molar-refractivity contribution in [2.75, 3.05) is 26.7 Å². The largest absolute Gasteiger partial charge is 0.344 e. The van der Waals surface area contributed by atoms with Crippen LogP contribution < -0.4 is 0 Å². The molecule has 1 aliphatic heterocycles. The number of carbonyl (C=O) groups is 1. The summed E-state index contributed by atoms with van der Waals surface area (Å²) in [7, 11) is 1.84. The molecule has 1 amide bonds. The quantitative estimate of drug-likeness (QED) is 0.794. The van der Waals surface area contributed by atoms with Crippen molar-refractivity contribution in [1.29, 1.82) is 0 Å². The lowest BCUT2D eigenvalue weighted by Crippen LogP contribution is -2.48. The molecular weight excluding hydrogens is 244 g/mol. The number of nitrogens with zero attached hydrogens (tertiary/aromatic N) is 4. The van der Waals surface area contributed by atoms with E-state index in [1.54, 1.807) is 4.90 Å². The Morgan fingerprint density at radius 2 is 2.21 bits per heavy atom. The zero-order valence-corrected chi connectivity index (χ0v) is 11.7. The van der Waals surface area contributed by atoms with Crippen LogP contribution >= 0.6 is 0 Å². The van der Waals surface area contributed by atoms with E-state index in [1.165, 1.54) is 25.7 Å². The number of aromatic nitrogens is 2. The summed E-state index contributed by atoms with van der Waals surface area (Å²) in [6.07, 6.45) is 5.62. The van der Waals surface area contributed by atoms with Crippen LogP contribution in [0.4, 0.5) is 0 Å². The van der Waals surface area contributed by atoms with Crippen LogP contribution in [0.1, 0.15) is 32.0 Å². The summed E-state index contributed by atoms with van der Waals surface area (Å²) in [6.45, 7) is 4.69. The number of hydrogen-bond acceptors (Lipinski definition) is 5. The van der Waals surface area contributed by atoms with Crippen molar-refractivity contribution >= 4 is 5.91 Å². The van der Waals surface area contributed by atoms with Crippen molar-refractivity contribution < 1.29 is 9.32 Å². The van der Waals surface area contributed by atoms with Gasteiger partial charge >= 0.3 is 0 Å². The maximum Gasteiger partial charge on any atom is 0.239 e. The second-order valence-corrected chi connectivity index (χ2v) is 5.13. The minimum atomic E-state index is -0.0319. The SMILES string of the molecule is C[C@H](C(=O)N(C)CCc1ncon1)N1CCCCC1. The zero-order chi connectivity index (χ0) is 13.7. The molecule has 2 rings (SSSR count). The molecule has 1 aliphatic rings. The Morgan fingerprint density at radius 3 is 2.84 bits per heavy atom. The van der Waals surface area contributed by atoms with Crippen LogP contribution in [0, 0.1) is 0 Å². The van der Waals surface area contributed by atoms with Gasteiger partial charge in [-0.15, -0.1) is 0 Å². The first-order chi connectivity index (χ1) is 9.18. The molecule has 1 aromatic rings. The van der Waals surface area contributed by atoms with Gasteiger partial charge in [0.25, 0.3) is 0 Å². The number of rotatable bonds is 5. The lowest BCUT2D eigenvalue weighted by molar-refractivity contribution is -0.135. The third kappa shape index (κ3) is 3.76.